The van der Waals surface area contributed by atoms with Gasteiger partial charge in [-0.05, 0) is 19.8 Å². The first-order chi connectivity index (χ1) is 7.70. The minimum Gasteiger partial charge on any atom is -0.393 e. The molecule has 0 amide bonds. The highest BCUT2D eigenvalue weighted by Crippen LogP contribution is 2.39. The highest BCUT2D eigenvalue weighted by Gasteiger charge is 2.28. The summed E-state index contributed by atoms with van der Waals surface area (Å²) in [5, 5.41) is 1.00. The summed E-state index contributed by atoms with van der Waals surface area (Å²) in [6.45, 7) is 3.87. The van der Waals surface area contributed by atoms with Gasteiger partial charge in [-0.3, -0.25) is 0 Å². The molecule has 16 heavy (non-hydrogen) atoms. The van der Waals surface area contributed by atoms with Crippen LogP contribution in [0.15, 0.2) is 0 Å². The maximum Gasteiger partial charge on any atom is 0.205 e. The van der Waals surface area contributed by atoms with Gasteiger partial charge in [0.2, 0.25) is 5.13 Å². The fraction of sp³-hybridized carbons (Fsp3) is 0.700. The van der Waals surface area contributed by atoms with Crippen molar-refractivity contribution in [2.45, 2.75) is 32.1 Å². The molecule has 0 unspecified atom stereocenters. The minimum absolute atomic E-state index is 0.561. The van der Waals surface area contributed by atoms with E-state index in [4.69, 9.17) is 18.0 Å². The van der Waals surface area contributed by atoms with Crippen LogP contribution in [0, 0.1) is 0 Å². The lowest BCUT2D eigenvalue weighted by Crippen LogP contribution is -2.27. The second-order valence-electron chi connectivity index (χ2n) is 4.01. The van der Waals surface area contributed by atoms with Crippen LogP contribution in [0.5, 0.6) is 0 Å². The van der Waals surface area contributed by atoms with Crippen molar-refractivity contribution in [3.05, 3.63) is 5.82 Å². The zero-order valence-corrected chi connectivity index (χ0v) is 11.0. The van der Waals surface area contributed by atoms with Crippen molar-refractivity contribution in [1.29, 1.82) is 0 Å². The Bertz CT molecular complexity index is 373. The number of nitrogens with two attached hydrogens (primary N) is 1. The van der Waals surface area contributed by atoms with Crippen LogP contribution in [0.4, 0.5) is 5.13 Å². The topological polar surface area (TPSA) is 55.0 Å². The van der Waals surface area contributed by atoms with Gasteiger partial charge in [-0.25, -0.2) is 4.98 Å². The van der Waals surface area contributed by atoms with Crippen LogP contribution in [0.25, 0.3) is 0 Å². The molecule has 0 aromatic carbocycles. The van der Waals surface area contributed by atoms with E-state index in [-0.39, 0.29) is 0 Å². The molecule has 0 radical (unpaired) electrons. The molecule has 2 N–H and O–H groups in total. The highest BCUT2D eigenvalue weighted by atomic mass is 32.1. The van der Waals surface area contributed by atoms with Crippen molar-refractivity contribution < 1.29 is 0 Å². The van der Waals surface area contributed by atoms with E-state index in [9.17, 15) is 0 Å². The summed E-state index contributed by atoms with van der Waals surface area (Å²) in [7, 11) is 0. The van der Waals surface area contributed by atoms with Crippen molar-refractivity contribution in [3.8, 4) is 0 Å². The molecule has 1 heterocycles. The maximum atomic E-state index is 5.51. The van der Waals surface area contributed by atoms with Crippen LogP contribution < -0.4 is 10.6 Å². The molecule has 0 bridgehead atoms. The molecule has 2 rings (SSSR count). The van der Waals surface area contributed by atoms with Gasteiger partial charge in [-0.2, -0.15) is 4.37 Å². The Kier molecular flexibility index (Phi) is 3.70. The molecule has 1 aromatic heterocycles. The van der Waals surface area contributed by atoms with E-state index in [1.165, 1.54) is 24.4 Å². The van der Waals surface area contributed by atoms with Gasteiger partial charge < -0.3 is 10.6 Å². The quantitative estimate of drug-likeness (QED) is 0.788. The van der Waals surface area contributed by atoms with Gasteiger partial charge >= 0.3 is 0 Å². The summed E-state index contributed by atoms with van der Waals surface area (Å²) in [6, 6.07) is 0. The van der Waals surface area contributed by atoms with E-state index in [0.717, 1.165) is 30.5 Å². The molecule has 88 valence electrons. The van der Waals surface area contributed by atoms with Crippen molar-refractivity contribution in [1.82, 2.24) is 9.36 Å². The first-order valence-electron chi connectivity index (χ1n) is 5.57. The van der Waals surface area contributed by atoms with Crippen LogP contribution in [0.1, 0.15) is 37.9 Å². The Labute approximate surface area is 105 Å². The smallest absolute Gasteiger partial charge is 0.205 e. The number of thiocarbonyl (C=S) groups is 1. The van der Waals surface area contributed by atoms with E-state index in [0.29, 0.717) is 10.9 Å². The van der Waals surface area contributed by atoms with Crippen LogP contribution in [0.2, 0.25) is 0 Å². The Hall–Kier alpha value is -0.750. The lowest BCUT2D eigenvalue weighted by atomic mass is 10.4. The molecule has 0 aliphatic heterocycles. The van der Waals surface area contributed by atoms with Crippen LogP contribution in [-0.4, -0.2) is 27.4 Å². The summed E-state index contributed by atoms with van der Waals surface area (Å²) in [4.78, 5) is 7.31. The summed E-state index contributed by atoms with van der Waals surface area (Å²) in [5.74, 6) is 1.65. The summed E-state index contributed by atoms with van der Waals surface area (Å²) < 4.78 is 4.40. The molecular formula is C10H16N4S2. The van der Waals surface area contributed by atoms with E-state index in [1.807, 2.05) is 0 Å². The van der Waals surface area contributed by atoms with Crippen molar-refractivity contribution in [2.24, 2.45) is 5.73 Å². The van der Waals surface area contributed by atoms with Crippen LogP contribution >= 0.6 is 23.8 Å². The molecule has 4 nitrogen and oxygen atoms in total. The molecule has 1 aliphatic rings. The fourth-order valence-corrected chi connectivity index (χ4v) is 2.42. The Morgan fingerprint density at radius 2 is 2.38 bits per heavy atom. The van der Waals surface area contributed by atoms with Gasteiger partial charge in [0.1, 0.15) is 5.82 Å². The molecule has 0 spiro atoms. The molecule has 6 heteroatoms. The third kappa shape index (κ3) is 2.89. The number of hydrogen-bond acceptors (Lipinski definition) is 5. The third-order valence-electron chi connectivity index (χ3n) is 2.65. The van der Waals surface area contributed by atoms with Crippen molar-refractivity contribution in [3.63, 3.8) is 0 Å². The number of anilines is 1. The summed E-state index contributed by atoms with van der Waals surface area (Å²) in [6.07, 6.45) is 3.23. The lowest BCUT2D eigenvalue weighted by molar-refractivity contribution is 0.825. The van der Waals surface area contributed by atoms with Crippen molar-refractivity contribution in [2.75, 3.05) is 18.0 Å². The van der Waals surface area contributed by atoms with Gasteiger partial charge in [0.15, 0.2) is 0 Å². The van der Waals surface area contributed by atoms with Crippen LogP contribution in [-0.2, 0) is 0 Å². The first kappa shape index (κ1) is 11.7. The molecular weight excluding hydrogens is 240 g/mol. The number of hydrogen-bond donors (Lipinski definition) is 1. The average Bonchev–Trinajstić information content (AvgIpc) is 2.99. The van der Waals surface area contributed by atoms with E-state index >= 15 is 0 Å². The SMILES string of the molecule is CCN(CCC(N)=S)c1nc(C2CC2)ns1. The van der Waals surface area contributed by atoms with Crippen molar-refractivity contribution >= 4 is 33.9 Å². The Morgan fingerprint density at radius 3 is 2.94 bits per heavy atom. The highest BCUT2D eigenvalue weighted by molar-refractivity contribution is 7.80. The average molecular weight is 256 g/mol. The number of nitrogens with zero attached hydrogens (tertiary/aromatic N) is 3. The zero-order chi connectivity index (χ0) is 11.5. The minimum atomic E-state index is 0.561. The summed E-state index contributed by atoms with van der Waals surface area (Å²) >= 11 is 6.37. The second kappa shape index (κ2) is 5.05. The number of aromatic nitrogens is 2. The van der Waals surface area contributed by atoms with E-state index in [2.05, 4.69) is 21.2 Å². The number of rotatable bonds is 6. The third-order valence-corrected chi connectivity index (χ3v) is 3.65. The molecule has 1 saturated carbocycles. The van der Waals surface area contributed by atoms with Gasteiger partial charge in [-0.1, -0.05) is 12.2 Å². The predicted molar refractivity (Wildman–Crippen MR) is 71.2 cm³/mol. The molecule has 0 saturated heterocycles. The summed E-state index contributed by atoms with van der Waals surface area (Å²) in [5.41, 5.74) is 5.51. The molecule has 1 fully saturated rings. The van der Waals surface area contributed by atoms with Gasteiger partial charge in [0.25, 0.3) is 0 Å². The molecule has 1 aromatic rings. The normalized spacial score (nSPS) is 15.1. The Morgan fingerprint density at radius 1 is 1.62 bits per heavy atom. The van der Waals surface area contributed by atoms with E-state index in [1.54, 1.807) is 0 Å². The predicted octanol–water partition coefficient (Wildman–Crippen LogP) is 1.92. The van der Waals surface area contributed by atoms with Crippen LogP contribution in [0.3, 0.4) is 0 Å². The van der Waals surface area contributed by atoms with Gasteiger partial charge in [0, 0.05) is 37.0 Å². The Balaban J connectivity index is 1.98. The van der Waals surface area contributed by atoms with E-state index < -0.39 is 0 Å². The van der Waals surface area contributed by atoms with Gasteiger partial charge in [0.05, 0.1) is 4.99 Å². The molecule has 1 aliphatic carbocycles. The lowest BCUT2D eigenvalue weighted by Gasteiger charge is -2.18. The zero-order valence-electron chi connectivity index (χ0n) is 9.35. The fourth-order valence-electron chi connectivity index (χ4n) is 1.50. The van der Waals surface area contributed by atoms with Gasteiger partial charge in [-0.15, -0.1) is 0 Å². The maximum absolute atomic E-state index is 5.51. The monoisotopic (exact) mass is 256 g/mol. The first-order valence-corrected chi connectivity index (χ1v) is 6.75. The molecule has 0 atom stereocenters. The standard InChI is InChI=1S/C10H16N4S2/c1-2-14(6-5-8(11)15)10-12-9(13-16-10)7-3-4-7/h7H,2-6H2,1H3,(H2,11,15). The largest absolute Gasteiger partial charge is 0.393 e. The second-order valence-corrected chi connectivity index (χ2v) is 5.26.